The molecule has 1 aliphatic rings. The number of hydrogen-bond acceptors (Lipinski definition) is 4. The van der Waals surface area contributed by atoms with E-state index in [9.17, 15) is 9.18 Å². The molecule has 0 atom stereocenters. The molecule has 2 aromatic heterocycles. The molecule has 0 N–H and O–H groups in total. The van der Waals surface area contributed by atoms with E-state index in [2.05, 4.69) is 5.10 Å². The molecule has 6 nitrogen and oxygen atoms in total. The van der Waals surface area contributed by atoms with Crippen molar-refractivity contribution in [2.24, 2.45) is 7.05 Å². The van der Waals surface area contributed by atoms with Gasteiger partial charge in [0.15, 0.2) is 11.5 Å². The van der Waals surface area contributed by atoms with Crippen LogP contribution >= 0.6 is 0 Å². The van der Waals surface area contributed by atoms with Gasteiger partial charge in [0.2, 0.25) is 0 Å². The summed E-state index contributed by atoms with van der Waals surface area (Å²) in [6, 6.07) is 12.1. The predicted octanol–water partition coefficient (Wildman–Crippen LogP) is 2.78. The molecule has 26 heavy (non-hydrogen) atoms. The maximum atomic E-state index is 13.9. The van der Waals surface area contributed by atoms with Crippen molar-refractivity contribution >= 4 is 11.6 Å². The molecular weight excluding hydrogens is 335 g/mol. The van der Waals surface area contributed by atoms with Gasteiger partial charge in [-0.25, -0.2) is 4.39 Å². The van der Waals surface area contributed by atoms with Crippen molar-refractivity contribution < 1.29 is 13.6 Å². The highest BCUT2D eigenvalue weighted by molar-refractivity contribution is 5.93. The van der Waals surface area contributed by atoms with Crippen molar-refractivity contribution in [1.29, 1.82) is 0 Å². The van der Waals surface area contributed by atoms with E-state index in [0.29, 0.717) is 43.3 Å². The summed E-state index contributed by atoms with van der Waals surface area (Å²) in [4.78, 5) is 16.5. The number of benzene rings is 1. The zero-order valence-electron chi connectivity index (χ0n) is 14.4. The van der Waals surface area contributed by atoms with E-state index in [4.69, 9.17) is 4.42 Å². The Morgan fingerprint density at radius 3 is 2.58 bits per heavy atom. The number of furan rings is 1. The van der Waals surface area contributed by atoms with Gasteiger partial charge in [-0.05, 0) is 24.3 Å². The van der Waals surface area contributed by atoms with Gasteiger partial charge in [0.25, 0.3) is 5.91 Å². The van der Waals surface area contributed by atoms with Gasteiger partial charge >= 0.3 is 0 Å². The smallest absolute Gasteiger partial charge is 0.274 e. The maximum Gasteiger partial charge on any atom is 0.274 e. The number of aryl methyl sites for hydroxylation is 1. The van der Waals surface area contributed by atoms with Gasteiger partial charge in [0, 0.05) is 39.3 Å². The molecule has 0 spiro atoms. The molecule has 3 aromatic rings. The van der Waals surface area contributed by atoms with Crippen LogP contribution in [0.15, 0.2) is 53.1 Å². The zero-order valence-corrected chi connectivity index (χ0v) is 14.4. The van der Waals surface area contributed by atoms with Crippen LogP contribution in [0, 0.1) is 5.82 Å². The molecule has 1 saturated heterocycles. The van der Waals surface area contributed by atoms with E-state index in [1.165, 1.54) is 6.07 Å². The van der Waals surface area contributed by atoms with Gasteiger partial charge < -0.3 is 14.2 Å². The van der Waals surface area contributed by atoms with Crippen molar-refractivity contribution in [1.82, 2.24) is 14.7 Å². The zero-order chi connectivity index (χ0) is 18.1. The SMILES string of the molecule is Cn1nc(C(=O)N2CCN(c3ccccc3F)CC2)cc1-c1ccco1. The molecule has 1 fully saturated rings. The Labute approximate surface area is 150 Å². The Bertz CT molecular complexity index is 912. The van der Waals surface area contributed by atoms with E-state index >= 15 is 0 Å². The Balaban J connectivity index is 1.46. The average Bonchev–Trinajstić information content (AvgIpc) is 3.31. The number of anilines is 1. The lowest BCUT2D eigenvalue weighted by Crippen LogP contribution is -2.49. The van der Waals surface area contributed by atoms with Gasteiger partial charge in [-0.2, -0.15) is 5.10 Å². The van der Waals surface area contributed by atoms with Crippen LogP contribution < -0.4 is 4.90 Å². The molecule has 1 amide bonds. The number of nitrogens with zero attached hydrogens (tertiary/aromatic N) is 4. The molecule has 3 heterocycles. The summed E-state index contributed by atoms with van der Waals surface area (Å²) in [5.41, 5.74) is 1.72. The first-order valence-corrected chi connectivity index (χ1v) is 8.50. The number of carbonyl (C=O) groups excluding carboxylic acids is 1. The van der Waals surface area contributed by atoms with E-state index in [1.54, 1.807) is 47.2 Å². The highest BCUT2D eigenvalue weighted by Crippen LogP contribution is 2.23. The lowest BCUT2D eigenvalue weighted by Gasteiger charge is -2.35. The van der Waals surface area contributed by atoms with Gasteiger partial charge in [-0.15, -0.1) is 0 Å². The fraction of sp³-hybridized carbons (Fsp3) is 0.263. The second-order valence-corrected chi connectivity index (χ2v) is 6.25. The Morgan fingerprint density at radius 2 is 1.88 bits per heavy atom. The molecule has 0 radical (unpaired) electrons. The van der Waals surface area contributed by atoms with Crippen molar-refractivity contribution in [3.05, 3.63) is 60.2 Å². The molecule has 0 aliphatic carbocycles. The summed E-state index contributed by atoms with van der Waals surface area (Å²) < 4.78 is 21.0. The highest BCUT2D eigenvalue weighted by Gasteiger charge is 2.26. The summed E-state index contributed by atoms with van der Waals surface area (Å²) in [5, 5.41) is 4.32. The first-order valence-electron chi connectivity index (χ1n) is 8.50. The van der Waals surface area contributed by atoms with E-state index in [1.807, 2.05) is 17.0 Å². The van der Waals surface area contributed by atoms with Crippen LogP contribution in [0.2, 0.25) is 0 Å². The monoisotopic (exact) mass is 354 g/mol. The average molecular weight is 354 g/mol. The van der Waals surface area contributed by atoms with Gasteiger partial charge in [0.05, 0.1) is 12.0 Å². The summed E-state index contributed by atoms with van der Waals surface area (Å²) in [6.45, 7) is 2.23. The van der Waals surface area contributed by atoms with Gasteiger partial charge in [-0.1, -0.05) is 12.1 Å². The summed E-state index contributed by atoms with van der Waals surface area (Å²) in [5.74, 6) is 0.315. The van der Waals surface area contributed by atoms with Crippen LogP contribution in [0.25, 0.3) is 11.5 Å². The molecule has 4 rings (SSSR count). The Morgan fingerprint density at radius 1 is 1.12 bits per heavy atom. The normalized spacial score (nSPS) is 14.7. The number of halogens is 1. The molecule has 1 aliphatic heterocycles. The molecule has 0 bridgehead atoms. The molecule has 0 saturated carbocycles. The summed E-state index contributed by atoms with van der Waals surface area (Å²) in [6.07, 6.45) is 1.59. The number of hydrogen-bond donors (Lipinski definition) is 0. The van der Waals surface area contributed by atoms with Crippen molar-refractivity contribution in [2.45, 2.75) is 0 Å². The summed E-state index contributed by atoms with van der Waals surface area (Å²) in [7, 11) is 1.78. The fourth-order valence-electron chi connectivity index (χ4n) is 3.25. The third kappa shape index (κ3) is 2.96. The lowest BCUT2D eigenvalue weighted by molar-refractivity contribution is 0.0740. The third-order valence-corrected chi connectivity index (χ3v) is 4.63. The standard InChI is InChI=1S/C19H19FN4O2/c1-22-17(18-7-4-12-26-18)13-15(21-22)19(25)24-10-8-23(9-11-24)16-6-3-2-5-14(16)20/h2-7,12-13H,8-11H2,1H3. The number of carbonyl (C=O) groups is 1. The van der Waals surface area contributed by atoms with Crippen molar-refractivity contribution in [2.75, 3.05) is 31.1 Å². The maximum absolute atomic E-state index is 13.9. The van der Waals surface area contributed by atoms with E-state index < -0.39 is 0 Å². The van der Waals surface area contributed by atoms with E-state index in [-0.39, 0.29) is 11.7 Å². The van der Waals surface area contributed by atoms with Gasteiger partial charge in [0.1, 0.15) is 11.5 Å². The minimum atomic E-state index is -0.236. The lowest BCUT2D eigenvalue weighted by atomic mass is 10.2. The quantitative estimate of drug-likeness (QED) is 0.726. The number of rotatable bonds is 3. The highest BCUT2D eigenvalue weighted by atomic mass is 19.1. The largest absolute Gasteiger partial charge is 0.463 e. The Hall–Kier alpha value is -3.09. The fourth-order valence-corrected chi connectivity index (χ4v) is 3.25. The predicted molar refractivity (Wildman–Crippen MR) is 95.4 cm³/mol. The molecule has 1 aromatic carbocycles. The van der Waals surface area contributed by atoms with Crippen LogP contribution in [0.4, 0.5) is 10.1 Å². The third-order valence-electron chi connectivity index (χ3n) is 4.63. The van der Waals surface area contributed by atoms with Crippen molar-refractivity contribution in [3.63, 3.8) is 0 Å². The Kier molecular flexibility index (Phi) is 4.20. The topological polar surface area (TPSA) is 54.5 Å². The number of para-hydroxylation sites is 1. The van der Waals surface area contributed by atoms with Crippen LogP contribution in [0.1, 0.15) is 10.5 Å². The minimum absolute atomic E-state index is 0.119. The van der Waals surface area contributed by atoms with Crippen LogP contribution in [0.3, 0.4) is 0 Å². The first kappa shape index (κ1) is 16.4. The van der Waals surface area contributed by atoms with E-state index in [0.717, 1.165) is 5.69 Å². The van der Waals surface area contributed by atoms with Crippen LogP contribution in [-0.2, 0) is 7.05 Å². The molecule has 7 heteroatoms. The van der Waals surface area contributed by atoms with Crippen LogP contribution in [0.5, 0.6) is 0 Å². The first-order chi connectivity index (χ1) is 12.6. The van der Waals surface area contributed by atoms with Crippen LogP contribution in [-0.4, -0.2) is 46.8 Å². The van der Waals surface area contributed by atoms with Gasteiger partial charge in [-0.3, -0.25) is 9.48 Å². The molecule has 134 valence electrons. The van der Waals surface area contributed by atoms with Crippen molar-refractivity contribution in [3.8, 4) is 11.5 Å². The molecule has 0 unspecified atom stereocenters. The number of piperazine rings is 1. The number of amides is 1. The second kappa shape index (κ2) is 6.67. The molecular formula is C19H19FN4O2. The summed E-state index contributed by atoms with van der Waals surface area (Å²) >= 11 is 0. The minimum Gasteiger partial charge on any atom is -0.463 e. The number of aromatic nitrogens is 2. The second-order valence-electron chi connectivity index (χ2n) is 6.25.